The molecule has 2 heterocycles. The lowest BCUT2D eigenvalue weighted by atomic mass is 9.80. The van der Waals surface area contributed by atoms with Crippen LogP contribution in [0.3, 0.4) is 0 Å². The SMILES string of the molecule is CCC(C)Cc1cc(C(=O)C2C=CC(C(=O)c3ccc(CC(C)CC)cc3-n3nc4ccccc4n3)CC2)cc(-n2nc3ccccc3n2)c1. The van der Waals surface area contributed by atoms with Crippen molar-refractivity contribution < 1.29 is 9.59 Å². The van der Waals surface area contributed by atoms with Crippen LogP contribution in [0.15, 0.2) is 97.1 Å². The van der Waals surface area contributed by atoms with E-state index >= 15 is 0 Å². The second-order valence-electron chi connectivity index (χ2n) is 14.0. The number of carbonyl (C=O) groups excluding carboxylic acids is 2. The maximum absolute atomic E-state index is 14.2. The van der Waals surface area contributed by atoms with Gasteiger partial charge >= 0.3 is 0 Å². The number of aromatic nitrogens is 6. The molecule has 8 heteroatoms. The van der Waals surface area contributed by atoms with Crippen molar-refractivity contribution in [3.8, 4) is 11.4 Å². The van der Waals surface area contributed by atoms with E-state index in [1.807, 2.05) is 78.9 Å². The minimum atomic E-state index is -0.337. The van der Waals surface area contributed by atoms with E-state index in [1.54, 1.807) is 9.59 Å². The molecule has 2 aromatic heterocycles. The molecule has 6 aromatic rings. The first-order chi connectivity index (χ1) is 24.3. The monoisotopic (exact) mass is 664 g/mol. The molecule has 0 amide bonds. The molecule has 0 saturated heterocycles. The third-order valence-electron chi connectivity index (χ3n) is 10.2. The number of Topliss-reactive ketones (excluding diaryl/α,β-unsaturated/α-hetero) is 2. The highest BCUT2D eigenvalue weighted by molar-refractivity contribution is 6.03. The highest BCUT2D eigenvalue weighted by atomic mass is 16.1. The molecule has 0 aliphatic heterocycles. The van der Waals surface area contributed by atoms with Crippen LogP contribution in [0.2, 0.25) is 0 Å². The van der Waals surface area contributed by atoms with Crippen LogP contribution < -0.4 is 0 Å². The number of rotatable bonds is 12. The molecule has 0 radical (unpaired) electrons. The van der Waals surface area contributed by atoms with Gasteiger partial charge in [-0.25, -0.2) is 0 Å². The summed E-state index contributed by atoms with van der Waals surface area (Å²) in [6.45, 7) is 8.85. The molecule has 0 bridgehead atoms. The van der Waals surface area contributed by atoms with Gasteiger partial charge < -0.3 is 0 Å². The Morgan fingerprint density at radius 2 is 1.16 bits per heavy atom. The average molecular weight is 665 g/mol. The van der Waals surface area contributed by atoms with Gasteiger partial charge in [-0.05, 0) is 103 Å². The van der Waals surface area contributed by atoms with Crippen molar-refractivity contribution in [2.45, 2.75) is 66.2 Å². The molecule has 7 rings (SSSR count). The fourth-order valence-electron chi connectivity index (χ4n) is 6.83. The molecule has 1 aliphatic carbocycles. The predicted molar refractivity (Wildman–Crippen MR) is 198 cm³/mol. The second-order valence-corrected chi connectivity index (χ2v) is 14.0. The Morgan fingerprint density at radius 1 is 0.640 bits per heavy atom. The average Bonchev–Trinajstić information content (AvgIpc) is 3.79. The van der Waals surface area contributed by atoms with Crippen molar-refractivity contribution in [3.05, 3.63) is 119 Å². The molecule has 4 atom stereocenters. The third kappa shape index (κ3) is 6.93. The van der Waals surface area contributed by atoms with Crippen LogP contribution >= 0.6 is 0 Å². The largest absolute Gasteiger partial charge is 0.294 e. The predicted octanol–water partition coefficient (Wildman–Crippen LogP) is 8.98. The fourth-order valence-corrected chi connectivity index (χ4v) is 6.83. The number of ketones is 2. The van der Waals surface area contributed by atoms with Gasteiger partial charge in [-0.2, -0.15) is 4.80 Å². The highest BCUT2D eigenvalue weighted by Gasteiger charge is 2.29. The van der Waals surface area contributed by atoms with Gasteiger partial charge in [0.15, 0.2) is 11.6 Å². The van der Waals surface area contributed by atoms with Crippen molar-refractivity contribution in [1.29, 1.82) is 0 Å². The molecule has 0 N–H and O–H groups in total. The number of allylic oxidation sites excluding steroid dienone is 2. The Morgan fingerprint density at radius 3 is 1.70 bits per heavy atom. The van der Waals surface area contributed by atoms with Gasteiger partial charge in [-0.1, -0.05) is 83.0 Å². The van der Waals surface area contributed by atoms with Crippen molar-refractivity contribution in [2.24, 2.45) is 23.7 Å². The van der Waals surface area contributed by atoms with Crippen molar-refractivity contribution in [2.75, 3.05) is 0 Å². The topological polar surface area (TPSA) is 95.6 Å². The van der Waals surface area contributed by atoms with E-state index in [0.717, 1.165) is 64.6 Å². The first-order valence-corrected chi connectivity index (χ1v) is 18.0. The van der Waals surface area contributed by atoms with Gasteiger partial charge in [0.1, 0.15) is 22.1 Å². The Hall–Kier alpha value is -5.24. The molecule has 1 aliphatic rings. The van der Waals surface area contributed by atoms with E-state index in [-0.39, 0.29) is 23.4 Å². The van der Waals surface area contributed by atoms with Crippen LogP contribution in [0, 0.1) is 23.7 Å². The molecule has 4 aromatic carbocycles. The number of carbonyl (C=O) groups is 2. The molecule has 0 spiro atoms. The van der Waals surface area contributed by atoms with Gasteiger partial charge in [0.25, 0.3) is 0 Å². The Bertz CT molecular complexity index is 2140. The van der Waals surface area contributed by atoms with Crippen LogP contribution in [-0.2, 0) is 12.8 Å². The molecule has 4 unspecified atom stereocenters. The van der Waals surface area contributed by atoms with Crippen molar-refractivity contribution in [3.63, 3.8) is 0 Å². The summed E-state index contributed by atoms with van der Waals surface area (Å²) in [7, 11) is 0. The zero-order valence-corrected chi connectivity index (χ0v) is 29.3. The van der Waals surface area contributed by atoms with Gasteiger partial charge in [0.05, 0.1) is 11.4 Å². The number of hydrogen-bond acceptors (Lipinski definition) is 6. The highest BCUT2D eigenvalue weighted by Crippen LogP contribution is 2.31. The lowest BCUT2D eigenvalue weighted by molar-refractivity contribution is 0.0891. The summed E-state index contributed by atoms with van der Waals surface area (Å²) in [5.74, 6) is 0.421. The zero-order valence-electron chi connectivity index (χ0n) is 29.3. The first-order valence-electron chi connectivity index (χ1n) is 18.0. The van der Waals surface area contributed by atoms with E-state index in [1.165, 1.54) is 0 Å². The van der Waals surface area contributed by atoms with E-state index in [4.69, 9.17) is 20.4 Å². The van der Waals surface area contributed by atoms with Gasteiger partial charge in [-0.15, -0.1) is 25.2 Å². The standard InChI is InChI=1S/C42H44N6O2/c1-5-27(3)21-29-15-20-35(40(25-29)48-45-38-13-9-10-14-39(38)46-48)42(50)32-18-16-31(17-19-32)41(49)33-23-30(22-28(4)6-2)24-34(26-33)47-43-36-11-7-8-12-37(36)44-47/h7-16,18,20,23-28,31-32H,5-6,17,19,21-22H2,1-4H3. The van der Waals surface area contributed by atoms with E-state index in [2.05, 4.69) is 45.9 Å². The van der Waals surface area contributed by atoms with Crippen molar-refractivity contribution >= 4 is 33.6 Å². The number of fused-ring (bicyclic) bond motifs is 2. The zero-order chi connectivity index (χ0) is 34.8. The molecular formula is C42H44N6O2. The number of benzene rings is 4. The molecule has 8 nitrogen and oxygen atoms in total. The van der Waals surface area contributed by atoms with Gasteiger partial charge in [0.2, 0.25) is 0 Å². The molecule has 0 fully saturated rings. The summed E-state index contributed by atoms with van der Waals surface area (Å²) in [6.07, 6.45) is 8.95. The van der Waals surface area contributed by atoms with E-state index < -0.39 is 0 Å². The van der Waals surface area contributed by atoms with Gasteiger partial charge in [0, 0.05) is 23.0 Å². The Kier molecular flexibility index (Phi) is 9.52. The Labute approximate surface area is 293 Å². The van der Waals surface area contributed by atoms with Crippen LogP contribution in [0.4, 0.5) is 0 Å². The third-order valence-corrected chi connectivity index (χ3v) is 10.2. The minimum Gasteiger partial charge on any atom is -0.294 e. The van der Waals surface area contributed by atoms with E-state index in [9.17, 15) is 9.59 Å². The summed E-state index contributed by atoms with van der Waals surface area (Å²) in [6, 6.07) is 27.6. The fraction of sp³-hybridized carbons (Fsp3) is 0.333. The summed E-state index contributed by atoms with van der Waals surface area (Å²) in [5.41, 5.74) is 8.16. The maximum Gasteiger partial charge on any atom is 0.171 e. The second kappa shape index (κ2) is 14.3. The van der Waals surface area contributed by atoms with Crippen molar-refractivity contribution in [1.82, 2.24) is 30.0 Å². The smallest absolute Gasteiger partial charge is 0.171 e. The summed E-state index contributed by atoms with van der Waals surface area (Å²) >= 11 is 0. The normalized spacial score (nSPS) is 17.3. The summed E-state index contributed by atoms with van der Waals surface area (Å²) < 4.78 is 0. The first kappa shape index (κ1) is 33.3. The minimum absolute atomic E-state index is 0.0215. The van der Waals surface area contributed by atoms with Crippen LogP contribution in [0.5, 0.6) is 0 Å². The molecule has 254 valence electrons. The summed E-state index contributed by atoms with van der Waals surface area (Å²) in [5, 5.41) is 18.8. The number of hydrogen-bond donors (Lipinski definition) is 0. The van der Waals surface area contributed by atoms with Crippen LogP contribution in [-0.4, -0.2) is 41.6 Å². The molecular weight excluding hydrogens is 621 g/mol. The molecule has 50 heavy (non-hydrogen) atoms. The van der Waals surface area contributed by atoms with E-state index in [0.29, 0.717) is 41.5 Å². The number of nitrogens with zero attached hydrogens (tertiary/aromatic N) is 6. The molecule has 0 saturated carbocycles. The Balaban J connectivity index is 1.16. The van der Waals surface area contributed by atoms with Gasteiger partial charge in [-0.3, -0.25) is 9.59 Å². The lowest BCUT2D eigenvalue weighted by Crippen LogP contribution is -2.23. The van der Waals surface area contributed by atoms with Crippen LogP contribution in [0.1, 0.15) is 85.2 Å². The lowest BCUT2D eigenvalue weighted by Gasteiger charge is -2.23. The quantitative estimate of drug-likeness (QED) is 0.0957. The van der Waals surface area contributed by atoms with Crippen LogP contribution in [0.25, 0.3) is 33.4 Å². The maximum atomic E-state index is 14.2. The summed E-state index contributed by atoms with van der Waals surface area (Å²) in [4.78, 5) is 31.5.